The van der Waals surface area contributed by atoms with Gasteiger partial charge in [0, 0.05) is 21.2 Å². The monoisotopic (exact) mass is 668 g/mol. The molecule has 0 saturated heterocycles. The van der Waals surface area contributed by atoms with Crippen LogP contribution >= 0.6 is 34.5 Å². The molecule has 0 N–H and O–H groups in total. The van der Waals surface area contributed by atoms with Gasteiger partial charge >= 0.3 is 5.97 Å². The predicted molar refractivity (Wildman–Crippen MR) is 174 cm³/mol. The lowest BCUT2D eigenvalue weighted by molar-refractivity contribution is -0.139. The van der Waals surface area contributed by atoms with Crippen LogP contribution in [0.2, 0.25) is 10.0 Å². The van der Waals surface area contributed by atoms with Gasteiger partial charge in [-0.15, -0.1) is 0 Å². The second kappa shape index (κ2) is 13.8. The molecule has 1 aromatic heterocycles. The van der Waals surface area contributed by atoms with Crippen molar-refractivity contribution < 1.29 is 28.5 Å². The number of methoxy groups -OCH3 is 3. The molecule has 1 aliphatic heterocycles. The third kappa shape index (κ3) is 6.45. The summed E-state index contributed by atoms with van der Waals surface area (Å²) < 4.78 is 30.0. The van der Waals surface area contributed by atoms with Crippen molar-refractivity contribution in [2.45, 2.75) is 26.5 Å². The molecule has 12 heteroatoms. The van der Waals surface area contributed by atoms with Gasteiger partial charge in [-0.25, -0.2) is 9.79 Å². The van der Waals surface area contributed by atoms with Crippen LogP contribution in [0.4, 0.5) is 0 Å². The fraction of sp³-hybridized carbons (Fsp3) is 0.242. The number of thiazole rings is 1. The molecule has 2 heterocycles. The molecule has 9 nitrogen and oxygen atoms in total. The highest BCUT2D eigenvalue weighted by atomic mass is 35.5. The molecule has 0 spiro atoms. The summed E-state index contributed by atoms with van der Waals surface area (Å²) in [7, 11) is 4.49. The largest absolute Gasteiger partial charge is 0.493 e. The van der Waals surface area contributed by atoms with E-state index in [1.807, 2.05) is 18.2 Å². The minimum atomic E-state index is -0.897. The lowest BCUT2D eigenvalue weighted by atomic mass is 9.95. The van der Waals surface area contributed by atoms with E-state index in [1.54, 1.807) is 56.3 Å². The molecule has 0 unspecified atom stereocenters. The summed E-state index contributed by atoms with van der Waals surface area (Å²) in [4.78, 5) is 32.6. The van der Waals surface area contributed by atoms with E-state index in [0.717, 1.165) is 5.56 Å². The summed E-state index contributed by atoms with van der Waals surface area (Å²) in [5, 5.41) is 1.05. The molecule has 4 aromatic rings. The molecule has 45 heavy (non-hydrogen) atoms. The van der Waals surface area contributed by atoms with Gasteiger partial charge in [0.1, 0.15) is 12.4 Å². The average Bonchev–Trinajstić information content (AvgIpc) is 3.33. The summed E-state index contributed by atoms with van der Waals surface area (Å²) in [6, 6.07) is 15.1. The zero-order valence-corrected chi connectivity index (χ0v) is 27.5. The summed E-state index contributed by atoms with van der Waals surface area (Å²) >= 11 is 13.9. The molecule has 1 aliphatic rings. The number of fused-ring (bicyclic) bond motifs is 1. The van der Waals surface area contributed by atoms with Crippen molar-refractivity contribution >= 4 is 46.6 Å². The van der Waals surface area contributed by atoms with Crippen molar-refractivity contribution in [2.24, 2.45) is 4.99 Å². The SMILES string of the molecule is CCOC(=O)C1=C(C)N=c2s/c(=C\c3cc(Cl)ccc3OCc3ccccc3Cl)c(=O)n2[C@H]1c1cc(OC)c(OC)c(OC)c1. The van der Waals surface area contributed by atoms with Crippen LogP contribution in [0.25, 0.3) is 6.08 Å². The Hall–Kier alpha value is -4.25. The van der Waals surface area contributed by atoms with E-state index in [9.17, 15) is 9.59 Å². The maximum atomic E-state index is 14.2. The topological polar surface area (TPSA) is 97.6 Å². The summed E-state index contributed by atoms with van der Waals surface area (Å²) in [6.07, 6.45) is 1.70. The predicted octanol–water partition coefficient (Wildman–Crippen LogP) is 5.71. The van der Waals surface area contributed by atoms with Gasteiger partial charge in [-0.1, -0.05) is 52.7 Å². The Balaban J connectivity index is 1.68. The number of ether oxygens (including phenoxy) is 5. The zero-order valence-electron chi connectivity index (χ0n) is 25.2. The van der Waals surface area contributed by atoms with Crippen LogP contribution in [0.1, 0.15) is 36.6 Å². The van der Waals surface area contributed by atoms with Gasteiger partial charge in [0.05, 0.1) is 49.8 Å². The molecular formula is C33H30Cl2N2O7S. The van der Waals surface area contributed by atoms with Crippen molar-refractivity contribution in [3.05, 3.63) is 112 Å². The molecule has 1 atom stereocenters. The van der Waals surface area contributed by atoms with E-state index >= 15 is 0 Å². The number of nitrogens with zero attached hydrogens (tertiary/aromatic N) is 2. The van der Waals surface area contributed by atoms with Crippen LogP contribution in [-0.4, -0.2) is 38.5 Å². The van der Waals surface area contributed by atoms with Crippen LogP contribution in [0.5, 0.6) is 23.0 Å². The molecule has 0 aliphatic carbocycles. The fourth-order valence-corrected chi connectivity index (χ4v) is 6.45. The average molecular weight is 670 g/mol. The molecule has 3 aromatic carbocycles. The first-order chi connectivity index (χ1) is 21.7. The highest BCUT2D eigenvalue weighted by molar-refractivity contribution is 7.07. The first-order valence-electron chi connectivity index (χ1n) is 13.9. The highest BCUT2D eigenvalue weighted by Crippen LogP contribution is 2.42. The number of aromatic nitrogens is 1. The van der Waals surface area contributed by atoms with E-state index in [4.69, 9.17) is 46.9 Å². The normalized spacial score (nSPS) is 14.5. The van der Waals surface area contributed by atoms with Gasteiger partial charge in [0.25, 0.3) is 5.56 Å². The number of allylic oxidation sites excluding steroid dienone is 1. The van der Waals surface area contributed by atoms with Crippen molar-refractivity contribution in [3.8, 4) is 23.0 Å². The molecule has 0 saturated carbocycles. The number of benzene rings is 3. The molecule has 0 amide bonds. The number of hydrogen-bond donors (Lipinski definition) is 0. The Morgan fingerprint density at radius 1 is 1.00 bits per heavy atom. The first kappa shape index (κ1) is 32.2. The molecule has 234 valence electrons. The van der Waals surface area contributed by atoms with Crippen molar-refractivity contribution in [3.63, 3.8) is 0 Å². The molecule has 5 rings (SSSR count). The lowest BCUT2D eigenvalue weighted by Gasteiger charge is -2.26. The number of rotatable bonds is 10. The van der Waals surface area contributed by atoms with Crippen LogP contribution in [-0.2, 0) is 16.1 Å². The smallest absolute Gasteiger partial charge is 0.338 e. The van der Waals surface area contributed by atoms with Gasteiger partial charge in [-0.05, 0) is 61.9 Å². The zero-order chi connectivity index (χ0) is 32.2. The molecule has 0 fully saturated rings. The van der Waals surface area contributed by atoms with Crippen molar-refractivity contribution in [1.82, 2.24) is 4.57 Å². The Morgan fingerprint density at radius 2 is 1.71 bits per heavy atom. The van der Waals surface area contributed by atoms with Crippen LogP contribution < -0.4 is 33.8 Å². The van der Waals surface area contributed by atoms with Gasteiger partial charge in [0.15, 0.2) is 16.3 Å². The van der Waals surface area contributed by atoms with E-state index in [0.29, 0.717) is 59.2 Å². The third-order valence-electron chi connectivity index (χ3n) is 7.12. The fourth-order valence-electron chi connectivity index (χ4n) is 5.04. The maximum absolute atomic E-state index is 14.2. The van der Waals surface area contributed by atoms with Gasteiger partial charge in [-0.3, -0.25) is 9.36 Å². The standard InChI is InChI=1S/C33H30Cl2N2O7S/c1-6-43-32(39)28-18(2)36-33-37(29(28)21-14-25(40-3)30(42-5)26(15-21)41-4)31(38)27(45-33)16-20-13-22(34)11-12-24(20)44-17-19-9-7-8-10-23(19)35/h7-16,29H,6,17H2,1-5H3/b27-16-/t29-/m0/s1. The lowest BCUT2D eigenvalue weighted by Crippen LogP contribution is -2.40. The number of halogens is 2. The van der Waals surface area contributed by atoms with Gasteiger partial charge in [0.2, 0.25) is 5.75 Å². The molecular weight excluding hydrogens is 639 g/mol. The van der Waals surface area contributed by atoms with Crippen molar-refractivity contribution in [1.29, 1.82) is 0 Å². The minimum Gasteiger partial charge on any atom is -0.493 e. The summed E-state index contributed by atoms with van der Waals surface area (Å²) in [5.74, 6) is 1.03. The Bertz CT molecular complexity index is 1960. The van der Waals surface area contributed by atoms with E-state index < -0.39 is 12.0 Å². The maximum Gasteiger partial charge on any atom is 0.338 e. The van der Waals surface area contributed by atoms with E-state index in [-0.39, 0.29) is 24.3 Å². The molecule has 0 radical (unpaired) electrons. The van der Waals surface area contributed by atoms with Crippen LogP contribution in [0.3, 0.4) is 0 Å². The van der Waals surface area contributed by atoms with E-state index in [2.05, 4.69) is 4.99 Å². The highest BCUT2D eigenvalue weighted by Gasteiger charge is 2.34. The summed E-state index contributed by atoms with van der Waals surface area (Å²) in [6.45, 7) is 3.79. The summed E-state index contributed by atoms with van der Waals surface area (Å²) in [5.41, 5.74) is 2.21. The number of carbonyl (C=O) groups is 1. The second-order valence-electron chi connectivity index (χ2n) is 9.82. The Labute approximate surface area is 273 Å². The Morgan fingerprint density at radius 3 is 2.36 bits per heavy atom. The number of carbonyl (C=O) groups excluding carboxylic acids is 1. The van der Waals surface area contributed by atoms with Gasteiger partial charge < -0.3 is 23.7 Å². The van der Waals surface area contributed by atoms with Crippen LogP contribution in [0, 0.1) is 0 Å². The van der Waals surface area contributed by atoms with Crippen LogP contribution in [0.15, 0.2) is 75.7 Å². The van der Waals surface area contributed by atoms with Crippen molar-refractivity contribution in [2.75, 3.05) is 27.9 Å². The van der Waals surface area contributed by atoms with Gasteiger partial charge in [-0.2, -0.15) is 0 Å². The van der Waals surface area contributed by atoms with E-state index in [1.165, 1.54) is 37.2 Å². The number of hydrogen-bond acceptors (Lipinski definition) is 9. The number of esters is 1. The Kier molecular flexibility index (Phi) is 9.86. The first-order valence-corrected chi connectivity index (χ1v) is 15.4. The minimum absolute atomic E-state index is 0.147. The quantitative estimate of drug-likeness (QED) is 0.200. The molecule has 0 bridgehead atoms. The second-order valence-corrected chi connectivity index (χ2v) is 11.7. The third-order valence-corrected chi connectivity index (χ3v) is 8.71.